The molecule has 0 amide bonds. The number of carbonyl (C=O) groups is 3. The van der Waals surface area contributed by atoms with E-state index in [2.05, 4.69) is 378 Å². The van der Waals surface area contributed by atoms with Crippen molar-refractivity contribution in [2.24, 2.45) is 0 Å². The van der Waals surface area contributed by atoms with Gasteiger partial charge in [0.2, 0.25) is 0 Å². The zero-order valence-corrected chi connectivity index (χ0v) is 80.8. The quantitative estimate of drug-likeness (QED) is 0.0963. The smallest absolute Gasteiger partial charge is 0.193 e. The van der Waals surface area contributed by atoms with Gasteiger partial charge in [0.15, 0.2) is 34.8 Å². The van der Waals surface area contributed by atoms with Gasteiger partial charge in [0, 0.05) is 113 Å². The molecule has 0 aliphatic heterocycles. The molecule has 5 heterocycles. The zero-order valence-electron chi connectivity index (χ0n) is 80.8. The molecule has 0 fully saturated rings. The van der Waals surface area contributed by atoms with Gasteiger partial charge in [-0.3, -0.25) is 29.3 Å². The maximum absolute atomic E-state index is 13.6. The standard InChI is InChI=1S/2C45H33NO.C44H30N6O/c1-45(2)40-20-12-11-19-38(40)44(47)39-27-34(25-26-41(39)45)31-21-23-32(24-22-31)36-17-9-10-18-37(36)43-29-35(30-13-5-3-6-14-30)28-42(46-43)33-15-7-4-8-16-33;1-45(2)40-19-10-9-18-38(40)44(47)39-27-35(24-25-41(39)45)32-22-20-31(21-23-32)34-16-11-17-36(26-34)43-29-37(30-12-5-3-6-13-30)28-42(46-43)33-14-7-4-8-15-33;1-44(2)36-8-4-3-7-34(36)40(51)35-24-31(17-19-37(35)44)29-11-9-27(10-12-29)28-13-15-30(16-14-28)41-48-42(50-43(49-41)33-6-5-21-45-26-33)32-18-20-38-39(25-32)47-23-22-46-38/h2*3-29H,1-2H3;3-26H,1-2H3. The van der Waals surface area contributed by atoms with E-state index in [-0.39, 0.29) is 33.6 Å². The van der Waals surface area contributed by atoms with E-state index in [9.17, 15) is 14.4 Å². The van der Waals surface area contributed by atoms with Crippen molar-refractivity contribution in [1.82, 2.24) is 39.9 Å². The Labute approximate surface area is 843 Å². The van der Waals surface area contributed by atoms with Crippen LogP contribution in [0, 0.1) is 0 Å². The SMILES string of the molecule is CC1(C)c2ccccc2C(=O)c2cc(-c3ccc(-c4ccc(-c5nc(-c6cccnc6)nc(-c6ccc7nccnc7c6)n5)cc4)cc3)ccc21.CC1(C)c2ccccc2C(=O)c2cc(-c3ccc(-c4cccc(-c5cc(-c6ccccc6)cc(-c6ccccc6)n5)c4)cc3)ccc21.CC1(C)c2ccccc2C(=O)c2cc(-c3ccc(-c4ccccc4-c4cc(-c5ccccc5)cc(-c5ccccc5)n4)cc3)ccc21. The average molecular weight is 1870 g/mol. The maximum atomic E-state index is 13.6. The van der Waals surface area contributed by atoms with E-state index in [4.69, 9.17) is 24.9 Å². The first-order valence-corrected chi connectivity index (χ1v) is 49.0. The zero-order chi connectivity index (χ0) is 98.4. The minimum absolute atomic E-state index is 0.0860. The Morgan fingerprint density at radius 2 is 0.455 bits per heavy atom. The van der Waals surface area contributed by atoms with Crippen LogP contribution in [0.5, 0.6) is 0 Å². The molecule has 145 heavy (non-hydrogen) atoms. The summed E-state index contributed by atoms with van der Waals surface area (Å²) in [7, 11) is 0. The van der Waals surface area contributed by atoms with Crippen molar-refractivity contribution in [3.05, 3.63) is 540 Å². The lowest BCUT2D eigenvalue weighted by Gasteiger charge is -2.34. The van der Waals surface area contributed by atoms with Gasteiger partial charge in [0.05, 0.1) is 33.8 Å². The van der Waals surface area contributed by atoms with Crippen molar-refractivity contribution in [1.29, 1.82) is 0 Å². The van der Waals surface area contributed by atoms with Crippen molar-refractivity contribution in [2.45, 2.75) is 57.8 Å². The van der Waals surface area contributed by atoms with E-state index in [0.717, 1.165) is 229 Å². The monoisotopic (exact) mass is 1860 g/mol. The largest absolute Gasteiger partial charge is 0.289 e. The highest BCUT2D eigenvalue weighted by Gasteiger charge is 2.40. The van der Waals surface area contributed by atoms with Crippen molar-refractivity contribution < 1.29 is 14.4 Å². The molecule has 0 radical (unpaired) electrons. The molecule has 0 saturated heterocycles. The fourth-order valence-corrected chi connectivity index (χ4v) is 20.9. The normalized spacial score (nSPS) is 13.1. The van der Waals surface area contributed by atoms with Crippen LogP contribution in [-0.2, 0) is 16.2 Å². The molecule has 3 aliphatic carbocycles. The first-order valence-electron chi connectivity index (χ1n) is 49.0. The van der Waals surface area contributed by atoms with Gasteiger partial charge < -0.3 is 0 Å². The number of nitrogens with zero attached hydrogens (tertiary/aromatic N) is 8. The summed E-state index contributed by atoms with van der Waals surface area (Å²) in [4.78, 5) is 78.8. The number of aromatic nitrogens is 8. The molecule has 22 aromatic rings. The topological polar surface area (TPSA) is 154 Å². The Morgan fingerprint density at radius 1 is 0.166 bits per heavy atom. The number of rotatable bonds is 15. The van der Waals surface area contributed by atoms with Gasteiger partial charge in [0.1, 0.15) is 0 Å². The minimum Gasteiger partial charge on any atom is -0.289 e. The Kier molecular flexibility index (Phi) is 23.7. The molecule has 0 unspecified atom stereocenters. The molecule has 25 rings (SSSR count). The van der Waals surface area contributed by atoms with Gasteiger partial charge in [0.25, 0.3) is 0 Å². The number of ketones is 3. The van der Waals surface area contributed by atoms with Crippen LogP contribution in [0.15, 0.2) is 474 Å². The highest BCUT2D eigenvalue weighted by molar-refractivity contribution is 6.16. The van der Waals surface area contributed by atoms with Gasteiger partial charge in [-0.05, 0) is 201 Å². The summed E-state index contributed by atoms with van der Waals surface area (Å²) >= 11 is 0. The molecule has 3 aliphatic rings. The van der Waals surface area contributed by atoms with E-state index in [1.54, 1.807) is 24.8 Å². The molecule has 0 N–H and O–H groups in total. The molecule has 11 nitrogen and oxygen atoms in total. The first-order chi connectivity index (χ1) is 70.8. The molecule has 0 spiro atoms. The predicted molar refractivity (Wildman–Crippen MR) is 587 cm³/mol. The van der Waals surface area contributed by atoms with Crippen LogP contribution in [-0.4, -0.2) is 57.2 Å². The van der Waals surface area contributed by atoms with Gasteiger partial charge in [-0.15, -0.1) is 0 Å². The summed E-state index contributed by atoms with van der Waals surface area (Å²) in [6.45, 7) is 13.2. The number of hydrogen-bond donors (Lipinski definition) is 0. The van der Waals surface area contributed by atoms with Crippen molar-refractivity contribution in [3.63, 3.8) is 0 Å². The van der Waals surface area contributed by atoms with Crippen LogP contribution in [0.3, 0.4) is 0 Å². The fourth-order valence-electron chi connectivity index (χ4n) is 20.9. The Balaban J connectivity index is 0.000000120. The summed E-state index contributed by atoms with van der Waals surface area (Å²) in [6.07, 6.45) is 6.84. The molecule has 17 aromatic carbocycles. The van der Waals surface area contributed by atoms with Gasteiger partial charge >= 0.3 is 0 Å². The Bertz CT molecular complexity index is 8660. The summed E-state index contributed by atoms with van der Waals surface area (Å²) in [5.74, 6) is 1.94. The van der Waals surface area contributed by atoms with Crippen LogP contribution in [0.1, 0.15) is 123 Å². The van der Waals surface area contributed by atoms with Crippen LogP contribution >= 0.6 is 0 Å². The molecule has 0 saturated carbocycles. The molecule has 11 heteroatoms. The van der Waals surface area contributed by atoms with E-state index in [0.29, 0.717) is 17.5 Å². The molecular formula is C134H96N8O3. The molecule has 0 bridgehead atoms. The van der Waals surface area contributed by atoms with Crippen molar-refractivity contribution in [3.8, 4) is 168 Å². The van der Waals surface area contributed by atoms with Crippen LogP contribution in [0.25, 0.3) is 179 Å². The van der Waals surface area contributed by atoms with Crippen LogP contribution in [0.2, 0.25) is 0 Å². The second-order valence-corrected chi connectivity index (χ2v) is 38.7. The van der Waals surface area contributed by atoms with Crippen molar-refractivity contribution >= 4 is 28.4 Å². The summed E-state index contributed by atoms with van der Waals surface area (Å²) < 4.78 is 0. The summed E-state index contributed by atoms with van der Waals surface area (Å²) in [5, 5.41) is 0. The lowest BCUT2D eigenvalue weighted by Crippen LogP contribution is -2.30. The lowest BCUT2D eigenvalue weighted by atomic mass is 9.68. The predicted octanol–water partition coefficient (Wildman–Crippen LogP) is 32.0. The number of hydrogen-bond acceptors (Lipinski definition) is 11. The third kappa shape index (κ3) is 17.5. The Morgan fingerprint density at radius 3 is 0.883 bits per heavy atom. The molecule has 690 valence electrons. The molecule has 5 aromatic heterocycles. The van der Waals surface area contributed by atoms with E-state index < -0.39 is 0 Å². The highest BCUT2D eigenvalue weighted by atomic mass is 16.1. The van der Waals surface area contributed by atoms with E-state index in [1.165, 1.54) is 0 Å². The van der Waals surface area contributed by atoms with Gasteiger partial charge in [-0.2, -0.15) is 0 Å². The number of fused-ring (bicyclic) bond motifs is 7. The second-order valence-electron chi connectivity index (χ2n) is 38.7. The summed E-state index contributed by atoms with van der Waals surface area (Å²) in [5.41, 5.74) is 40.2. The van der Waals surface area contributed by atoms with Crippen LogP contribution in [0.4, 0.5) is 0 Å². The highest BCUT2D eigenvalue weighted by Crippen LogP contribution is 2.48. The van der Waals surface area contributed by atoms with Crippen molar-refractivity contribution in [2.75, 3.05) is 0 Å². The third-order valence-electron chi connectivity index (χ3n) is 28.8. The Hall–Kier alpha value is -18.5. The van der Waals surface area contributed by atoms with Gasteiger partial charge in [-0.1, -0.05) is 412 Å². The van der Waals surface area contributed by atoms with E-state index >= 15 is 0 Å². The average Bonchev–Trinajstić information content (AvgIpc) is 0.738. The molecular weight excluding hydrogens is 1770 g/mol. The number of carbonyl (C=O) groups excluding carboxylic acids is 3. The number of pyridine rings is 3. The molecule has 0 atom stereocenters. The third-order valence-corrected chi connectivity index (χ3v) is 28.8. The summed E-state index contributed by atoms with van der Waals surface area (Å²) in [6, 6.07) is 154. The van der Waals surface area contributed by atoms with Gasteiger partial charge in [-0.25, -0.2) is 24.9 Å². The van der Waals surface area contributed by atoms with E-state index in [1.807, 2.05) is 127 Å². The second kappa shape index (κ2) is 37.9. The maximum Gasteiger partial charge on any atom is 0.193 e. The lowest BCUT2D eigenvalue weighted by molar-refractivity contribution is 0.102. The fraction of sp³-hybridized carbons (Fsp3) is 0.0672. The first kappa shape index (κ1) is 90.4. The van der Waals surface area contributed by atoms with Crippen LogP contribution < -0.4 is 0 Å². The minimum atomic E-state index is -0.247. The number of benzene rings is 17.